The highest BCUT2D eigenvalue weighted by Gasteiger charge is 2.39. The third-order valence-electron chi connectivity index (χ3n) is 5.98. The van der Waals surface area contributed by atoms with Gasteiger partial charge in [0, 0.05) is 18.7 Å². The highest BCUT2D eigenvalue weighted by atomic mass is 32.1. The number of benzene rings is 2. The Kier molecular flexibility index (Phi) is 6.29. The van der Waals surface area contributed by atoms with Crippen LogP contribution in [0.25, 0.3) is 11.2 Å². The van der Waals surface area contributed by atoms with Gasteiger partial charge >= 0.3 is 5.92 Å². The molecule has 1 aliphatic heterocycles. The Morgan fingerprint density at radius 2 is 1.83 bits per heavy atom. The predicted molar refractivity (Wildman–Crippen MR) is 130 cm³/mol. The summed E-state index contributed by atoms with van der Waals surface area (Å²) in [5.41, 5.74) is 2.06. The molecular weight excluding hydrogens is 472 g/mol. The van der Waals surface area contributed by atoms with E-state index in [4.69, 9.17) is 0 Å². The minimum atomic E-state index is -3.44. The fraction of sp³-hybridized carbons (Fsp3) is 0.292. The number of thiocarbonyl (C=S) groups is 1. The van der Waals surface area contributed by atoms with Crippen LogP contribution in [0.3, 0.4) is 0 Å². The molecule has 0 aliphatic carbocycles. The lowest BCUT2D eigenvalue weighted by Crippen LogP contribution is -2.26. The first kappa shape index (κ1) is 23.1. The van der Waals surface area contributed by atoms with Gasteiger partial charge in [-0.25, -0.2) is 19.6 Å². The molecule has 4 aromatic rings. The number of anilines is 1. The Balaban J connectivity index is 1.64. The zero-order chi connectivity index (χ0) is 24.4. The quantitative estimate of drug-likeness (QED) is 0.311. The Morgan fingerprint density at radius 3 is 2.54 bits per heavy atom. The summed E-state index contributed by atoms with van der Waals surface area (Å²) < 4.78 is 32.6. The Labute approximate surface area is 205 Å². The normalized spacial score (nSPS) is 16.0. The van der Waals surface area contributed by atoms with Crippen molar-refractivity contribution in [2.24, 2.45) is 4.99 Å². The maximum absolute atomic E-state index is 15.6. The van der Waals surface area contributed by atoms with Gasteiger partial charge in [0.25, 0.3) is 0 Å². The van der Waals surface area contributed by atoms with Crippen molar-refractivity contribution in [1.29, 1.82) is 0 Å². The Bertz CT molecular complexity index is 1410. The van der Waals surface area contributed by atoms with Crippen molar-refractivity contribution >= 4 is 34.4 Å². The topological polar surface area (TPSA) is 92.3 Å². The van der Waals surface area contributed by atoms with Gasteiger partial charge in [-0.3, -0.25) is 0 Å². The van der Waals surface area contributed by atoms with Gasteiger partial charge in [0.2, 0.25) is 5.82 Å². The van der Waals surface area contributed by atoms with E-state index >= 15 is 8.78 Å². The van der Waals surface area contributed by atoms with Crippen LogP contribution >= 0.6 is 12.2 Å². The van der Waals surface area contributed by atoms with Crippen LogP contribution in [0.1, 0.15) is 28.9 Å². The Morgan fingerprint density at radius 1 is 1.09 bits per heavy atom. The molecule has 5 rings (SSSR count). The van der Waals surface area contributed by atoms with Crippen molar-refractivity contribution in [2.75, 3.05) is 18.0 Å². The van der Waals surface area contributed by atoms with Gasteiger partial charge in [0.15, 0.2) is 17.0 Å². The van der Waals surface area contributed by atoms with E-state index in [1.54, 1.807) is 23.1 Å². The van der Waals surface area contributed by atoms with Crippen LogP contribution in [0.15, 0.2) is 59.6 Å². The molecule has 0 unspecified atom stereocenters. The molecule has 0 radical (unpaired) electrons. The third kappa shape index (κ3) is 4.53. The largest absolute Gasteiger partial charge is 0.391 e. The van der Waals surface area contributed by atoms with E-state index in [9.17, 15) is 5.11 Å². The summed E-state index contributed by atoms with van der Waals surface area (Å²) >= 11 is 4.68. The number of alkyl halides is 2. The van der Waals surface area contributed by atoms with E-state index in [1.807, 2.05) is 24.3 Å². The standard InChI is InChI=1S/C24H21F2N7OS/c25-24(26,18-8-2-1-3-9-18)23-28-21(32-11-10-19(34)14-32)20-22(29-23)33(31-30-20)13-17-7-5-4-6-16(17)12-27-15-35/h1-9,19,34H,10-14H2/t19-/m0/s1. The zero-order valence-corrected chi connectivity index (χ0v) is 19.4. The second-order valence-electron chi connectivity index (χ2n) is 8.30. The molecule has 0 saturated carbocycles. The van der Waals surface area contributed by atoms with E-state index in [2.05, 4.69) is 42.7 Å². The van der Waals surface area contributed by atoms with Crippen LogP contribution in [-0.4, -0.2) is 54.4 Å². The monoisotopic (exact) mass is 493 g/mol. The van der Waals surface area contributed by atoms with Gasteiger partial charge in [-0.1, -0.05) is 59.8 Å². The number of aliphatic hydroxyl groups is 1. The molecule has 3 heterocycles. The number of aliphatic imine (C=N–C) groups is 1. The van der Waals surface area contributed by atoms with Crippen molar-refractivity contribution in [3.05, 3.63) is 77.1 Å². The van der Waals surface area contributed by atoms with Crippen LogP contribution in [-0.2, 0) is 19.0 Å². The van der Waals surface area contributed by atoms with Crippen molar-refractivity contribution in [3.63, 3.8) is 0 Å². The smallest absolute Gasteiger partial charge is 0.331 e. The number of rotatable bonds is 7. The molecule has 1 fully saturated rings. The van der Waals surface area contributed by atoms with Crippen LogP contribution in [0.2, 0.25) is 0 Å². The molecule has 0 bridgehead atoms. The van der Waals surface area contributed by atoms with Gasteiger partial charge in [-0.2, -0.15) is 8.78 Å². The van der Waals surface area contributed by atoms with Crippen LogP contribution in [0, 0.1) is 0 Å². The number of hydrogen-bond acceptors (Lipinski definition) is 8. The molecule has 1 aliphatic rings. The summed E-state index contributed by atoms with van der Waals surface area (Å²) in [6.07, 6.45) is -0.0561. The molecule has 0 amide bonds. The van der Waals surface area contributed by atoms with Crippen molar-refractivity contribution < 1.29 is 13.9 Å². The van der Waals surface area contributed by atoms with Crippen molar-refractivity contribution in [1.82, 2.24) is 25.0 Å². The van der Waals surface area contributed by atoms with Crippen LogP contribution in [0.5, 0.6) is 0 Å². The Hall–Kier alpha value is -3.66. The first-order valence-electron chi connectivity index (χ1n) is 11.1. The maximum atomic E-state index is 15.6. The van der Waals surface area contributed by atoms with Crippen LogP contribution in [0.4, 0.5) is 14.6 Å². The number of halogens is 2. The molecule has 2 aromatic heterocycles. The van der Waals surface area contributed by atoms with E-state index in [0.717, 1.165) is 11.1 Å². The second-order valence-corrected chi connectivity index (χ2v) is 8.48. The molecule has 1 saturated heterocycles. The predicted octanol–water partition coefficient (Wildman–Crippen LogP) is 3.58. The number of hydrogen-bond donors (Lipinski definition) is 1. The molecular formula is C24H21F2N7OS. The number of aliphatic hydroxyl groups excluding tert-OH is 1. The minimum Gasteiger partial charge on any atom is -0.391 e. The fourth-order valence-electron chi connectivity index (χ4n) is 4.16. The fourth-order valence-corrected chi connectivity index (χ4v) is 4.23. The first-order valence-corrected chi connectivity index (χ1v) is 11.5. The summed E-state index contributed by atoms with van der Waals surface area (Å²) in [5.74, 6) is -3.85. The number of fused-ring (bicyclic) bond motifs is 1. The number of β-amino-alcohol motifs (C(OH)–C–C–N with tert-alkyl or cyclic N) is 1. The van der Waals surface area contributed by atoms with Crippen molar-refractivity contribution in [3.8, 4) is 0 Å². The summed E-state index contributed by atoms with van der Waals surface area (Å²) in [6, 6.07) is 15.0. The van der Waals surface area contributed by atoms with E-state index in [-0.39, 0.29) is 30.1 Å². The molecule has 35 heavy (non-hydrogen) atoms. The average Bonchev–Trinajstić information content (AvgIpc) is 3.49. The van der Waals surface area contributed by atoms with Gasteiger partial charge in [-0.05, 0) is 29.8 Å². The van der Waals surface area contributed by atoms with Gasteiger partial charge < -0.3 is 10.0 Å². The average molecular weight is 494 g/mol. The third-order valence-corrected chi connectivity index (χ3v) is 6.11. The highest BCUT2D eigenvalue weighted by molar-refractivity contribution is 7.78. The molecule has 8 nitrogen and oxygen atoms in total. The van der Waals surface area contributed by atoms with E-state index in [0.29, 0.717) is 25.0 Å². The summed E-state index contributed by atoms with van der Waals surface area (Å²) in [5, 5.41) is 20.9. The van der Waals surface area contributed by atoms with Gasteiger partial charge in [-0.15, -0.1) is 5.10 Å². The molecule has 2 aromatic carbocycles. The lowest BCUT2D eigenvalue weighted by molar-refractivity contribution is 0.0332. The first-order chi connectivity index (χ1) is 17.0. The lowest BCUT2D eigenvalue weighted by Gasteiger charge is -2.20. The molecule has 11 heteroatoms. The minimum absolute atomic E-state index is 0.190. The lowest BCUT2D eigenvalue weighted by atomic mass is 10.1. The van der Waals surface area contributed by atoms with Gasteiger partial charge in [0.1, 0.15) is 0 Å². The summed E-state index contributed by atoms with van der Waals surface area (Å²) in [4.78, 5) is 14.3. The second kappa shape index (κ2) is 9.53. The molecule has 178 valence electrons. The van der Waals surface area contributed by atoms with Gasteiger partial charge in [0.05, 0.1) is 24.4 Å². The number of nitrogens with zero attached hydrogens (tertiary/aromatic N) is 7. The zero-order valence-electron chi connectivity index (χ0n) is 18.6. The number of isothiocyanates is 1. The molecule has 1 N–H and O–H groups in total. The van der Waals surface area contributed by atoms with Crippen LogP contribution < -0.4 is 4.90 Å². The number of aromatic nitrogens is 5. The molecule has 1 atom stereocenters. The van der Waals surface area contributed by atoms with E-state index < -0.39 is 17.9 Å². The summed E-state index contributed by atoms with van der Waals surface area (Å²) in [7, 11) is 0. The molecule has 0 spiro atoms. The summed E-state index contributed by atoms with van der Waals surface area (Å²) in [6.45, 7) is 1.33. The maximum Gasteiger partial charge on any atom is 0.331 e. The highest BCUT2D eigenvalue weighted by Crippen LogP contribution is 2.36. The SMILES string of the molecule is O[C@H]1CCN(c2nc(C(F)(F)c3ccccc3)nc3c2nnn3Cc2ccccc2CN=C=S)C1. The van der Waals surface area contributed by atoms with E-state index in [1.165, 1.54) is 16.8 Å². The van der Waals surface area contributed by atoms with Crippen molar-refractivity contribution in [2.45, 2.75) is 31.5 Å².